The first kappa shape index (κ1) is 16.3. The largest absolute Gasteiger partial charge is 0.481 e. The highest BCUT2D eigenvalue weighted by molar-refractivity contribution is 5.96. The van der Waals surface area contributed by atoms with E-state index < -0.39 is 34.6 Å². The van der Waals surface area contributed by atoms with Crippen LogP contribution in [0.25, 0.3) is 0 Å². The summed E-state index contributed by atoms with van der Waals surface area (Å²) in [6.45, 7) is 1.67. The number of amides is 1. The van der Waals surface area contributed by atoms with E-state index in [-0.39, 0.29) is 13.1 Å². The normalized spacial score (nSPS) is 22.5. The average Bonchev–Trinajstić information content (AvgIpc) is 2.45. The Bertz CT molecular complexity index is 600. The Labute approximate surface area is 125 Å². The summed E-state index contributed by atoms with van der Waals surface area (Å²) in [6, 6.07) is 4.56. The number of hydrogen-bond acceptors (Lipinski definition) is 2. The average molecular weight is 315 g/mol. The molecule has 1 aliphatic rings. The lowest BCUT2D eigenvalue weighted by Gasteiger charge is -2.37. The van der Waals surface area contributed by atoms with Crippen LogP contribution in [-0.4, -0.2) is 35.0 Å². The van der Waals surface area contributed by atoms with Gasteiger partial charge in [-0.2, -0.15) is 13.2 Å². The van der Waals surface area contributed by atoms with Gasteiger partial charge < -0.3 is 10.0 Å². The summed E-state index contributed by atoms with van der Waals surface area (Å²) >= 11 is 0. The van der Waals surface area contributed by atoms with Gasteiger partial charge in [-0.1, -0.05) is 12.1 Å². The lowest BCUT2D eigenvalue weighted by Crippen LogP contribution is -2.48. The fourth-order valence-corrected chi connectivity index (χ4v) is 2.67. The number of halogens is 3. The Balaban J connectivity index is 2.31. The lowest BCUT2D eigenvalue weighted by molar-refractivity contribution is -0.150. The van der Waals surface area contributed by atoms with E-state index in [1.807, 2.05) is 0 Å². The molecule has 22 heavy (non-hydrogen) atoms. The molecule has 0 aromatic heterocycles. The first-order valence-electron chi connectivity index (χ1n) is 6.84. The van der Waals surface area contributed by atoms with Gasteiger partial charge in [-0.25, -0.2) is 0 Å². The van der Waals surface area contributed by atoms with Crippen molar-refractivity contribution in [3.8, 4) is 0 Å². The van der Waals surface area contributed by atoms with Gasteiger partial charge >= 0.3 is 12.1 Å². The van der Waals surface area contributed by atoms with E-state index in [0.717, 1.165) is 12.1 Å². The Hall–Kier alpha value is -2.05. The van der Waals surface area contributed by atoms with Crippen LogP contribution in [-0.2, 0) is 11.0 Å². The zero-order valence-corrected chi connectivity index (χ0v) is 12.0. The molecule has 1 saturated heterocycles. The van der Waals surface area contributed by atoms with Gasteiger partial charge in [-0.05, 0) is 31.9 Å². The van der Waals surface area contributed by atoms with Crippen LogP contribution >= 0.6 is 0 Å². The molecular formula is C15H16F3NO3. The molecule has 0 saturated carbocycles. The number of carboxylic acid groups (broad SMARTS) is 1. The maximum absolute atomic E-state index is 13.0. The highest BCUT2D eigenvalue weighted by atomic mass is 19.4. The topological polar surface area (TPSA) is 57.6 Å². The first-order chi connectivity index (χ1) is 10.1. The molecule has 1 amide bonds. The van der Waals surface area contributed by atoms with Gasteiger partial charge in [-0.15, -0.1) is 0 Å². The summed E-state index contributed by atoms with van der Waals surface area (Å²) in [4.78, 5) is 24.9. The molecule has 1 aromatic carbocycles. The standard InChI is InChI=1S/C15H16F3NO3/c1-14(13(21)22)7-4-8-19(9-14)12(20)10-5-2-3-6-11(10)15(16,17)18/h2-3,5-6H,4,7-9H2,1H3,(H,21,22). The summed E-state index contributed by atoms with van der Waals surface area (Å²) in [6.07, 6.45) is -3.78. The van der Waals surface area contributed by atoms with Gasteiger partial charge in [0.15, 0.2) is 0 Å². The quantitative estimate of drug-likeness (QED) is 0.912. The number of nitrogens with zero attached hydrogens (tertiary/aromatic N) is 1. The fraction of sp³-hybridized carbons (Fsp3) is 0.467. The van der Waals surface area contributed by atoms with E-state index in [1.54, 1.807) is 0 Å². The lowest BCUT2D eigenvalue weighted by atomic mass is 9.82. The van der Waals surface area contributed by atoms with Crippen molar-refractivity contribution in [2.45, 2.75) is 25.9 Å². The molecule has 0 bridgehead atoms. The van der Waals surface area contributed by atoms with Gasteiger partial charge in [-0.3, -0.25) is 9.59 Å². The van der Waals surface area contributed by atoms with E-state index in [9.17, 15) is 27.9 Å². The second-order valence-electron chi connectivity index (χ2n) is 5.74. The van der Waals surface area contributed by atoms with Crippen LogP contribution in [0.2, 0.25) is 0 Å². The van der Waals surface area contributed by atoms with Crippen molar-refractivity contribution < 1.29 is 27.9 Å². The van der Waals surface area contributed by atoms with Crippen LogP contribution in [0.5, 0.6) is 0 Å². The van der Waals surface area contributed by atoms with E-state index in [1.165, 1.54) is 24.0 Å². The van der Waals surface area contributed by atoms with Gasteiger partial charge in [0, 0.05) is 13.1 Å². The zero-order chi connectivity index (χ0) is 16.5. The third kappa shape index (κ3) is 3.08. The van der Waals surface area contributed by atoms with Crippen LogP contribution in [0, 0.1) is 5.41 Å². The minimum Gasteiger partial charge on any atom is -0.481 e. The minimum atomic E-state index is -4.63. The maximum atomic E-state index is 13.0. The molecule has 1 aromatic rings. The van der Waals surface area contributed by atoms with Crippen molar-refractivity contribution in [1.82, 2.24) is 4.90 Å². The van der Waals surface area contributed by atoms with Crippen LogP contribution in [0.1, 0.15) is 35.7 Å². The molecular weight excluding hydrogens is 299 g/mol. The minimum absolute atomic E-state index is 0.0899. The molecule has 1 heterocycles. The van der Waals surface area contributed by atoms with E-state index in [2.05, 4.69) is 0 Å². The van der Waals surface area contributed by atoms with E-state index >= 15 is 0 Å². The molecule has 7 heteroatoms. The summed E-state index contributed by atoms with van der Waals surface area (Å²) in [5, 5.41) is 9.23. The second-order valence-corrected chi connectivity index (χ2v) is 5.74. The van der Waals surface area contributed by atoms with Crippen LogP contribution in [0.4, 0.5) is 13.2 Å². The fourth-order valence-electron chi connectivity index (χ4n) is 2.67. The van der Waals surface area contributed by atoms with Gasteiger partial charge in [0.25, 0.3) is 5.91 Å². The molecule has 0 aliphatic carbocycles. The van der Waals surface area contributed by atoms with Gasteiger partial charge in [0.1, 0.15) is 0 Å². The summed E-state index contributed by atoms with van der Waals surface area (Å²) in [7, 11) is 0. The van der Waals surface area contributed by atoms with Gasteiger partial charge in [0.05, 0.1) is 16.5 Å². The Kier molecular flexibility index (Phi) is 4.17. The van der Waals surface area contributed by atoms with Crippen LogP contribution in [0.15, 0.2) is 24.3 Å². The van der Waals surface area contributed by atoms with Crippen molar-refractivity contribution >= 4 is 11.9 Å². The number of aliphatic carboxylic acids is 1. The summed E-state index contributed by atoms with van der Waals surface area (Å²) < 4.78 is 39.0. The number of carbonyl (C=O) groups excluding carboxylic acids is 1. The third-order valence-electron chi connectivity index (χ3n) is 3.96. The number of hydrogen-bond donors (Lipinski definition) is 1. The number of piperidine rings is 1. The molecule has 1 aliphatic heterocycles. The predicted molar refractivity (Wildman–Crippen MR) is 72.3 cm³/mol. The molecule has 4 nitrogen and oxygen atoms in total. The molecule has 0 spiro atoms. The second kappa shape index (κ2) is 5.62. The maximum Gasteiger partial charge on any atom is 0.417 e. The molecule has 1 N–H and O–H groups in total. The zero-order valence-electron chi connectivity index (χ0n) is 12.0. The van der Waals surface area contributed by atoms with Crippen molar-refractivity contribution in [3.63, 3.8) is 0 Å². The van der Waals surface area contributed by atoms with Crippen molar-refractivity contribution in [3.05, 3.63) is 35.4 Å². The Morgan fingerprint density at radius 2 is 1.91 bits per heavy atom. The smallest absolute Gasteiger partial charge is 0.417 e. The monoisotopic (exact) mass is 315 g/mol. The van der Waals surface area contributed by atoms with E-state index in [0.29, 0.717) is 12.8 Å². The highest BCUT2D eigenvalue weighted by Gasteiger charge is 2.41. The highest BCUT2D eigenvalue weighted by Crippen LogP contribution is 2.34. The molecule has 1 unspecified atom stereocenters. The Morgan fingerprint density at radius 1 is 1.27 bits per heavy atom. The number of rotatable bonds is 2. The number of benzene rings is 1. The molecule has 1 atom stereocenters. The van der Waals surface area contributed by atoms with Crippen molar-refractivity contribution in [1.29, 1.82) is 0 Å². The predicted octanol–water partition coefficient (Wildman–Crippen LogP) is 3.03. The van der Waals surface area contributed by atoms with Crippen LogP contribution < -0.4 is 0 Å². The van der Waals surface area contributed by atoms with E-state index in [4.69, 9.17) is 0 Å². The molecule has 2 rings (SSSR count). The number of carboxylic acids is 1. The van der Waals surface area contributed by atoms with Crippen LogP contribution in [0.3, 0.4) is 0 Å². The molecule has 0 radical (unpaired) electrons. The Morgan fingerprint density at radius 3 is 2.50 bits per heavy atom. The molecule has 1 fully saturated rings. The SMILES string of the molecule is CC1(C(=O)O)CCCN(C(=O)c2ccccc2C(F)(F)F)C1. The summed E-state index contributed by atoms with van der Waals surface area (Å²) in [5.74, 6) is -1.82. The molecule has 120 valence electrons. The summed E-state index contributed by atoms with van der Waals surface area (Å²) in [5.41, 5.74) is -2.56. The first-order valence-corrected chi connectivity index (χ1v) is 6.84. The number of alkyl halides is 3. The van der Waals surface area contributed by atoms with Crippen molar-refractivity contribution in [2.24, 2.45) is 5.41 Å². The third-order valence-corrected chi connectivity index (χ3v) is 3.96. The van der Waals surface area contributed by atoms with Crippen molar-refractivity contribution in [2.75, 3.05) is 13.1 Å². The number of likely N-dealkylation sites (tertiary alicyclic amines) is 1. The van der Waals surface area contributed by atoms with Gasteiger partial charge in [0.2, 0.25) is 0 Å². The number of carbonyl (C=O) groups is 2.